The fourth-order valence-electron chi connectivity index (χ4n) is 1.25. The van der Waals surface area contributed by atoms with E-state index in [1.54, 1.807) is 25.1 Å². The molecule has 1 atom stereocenters. The first-order chi connectivity index (χ1) is 7.65. The molecular formula is C12H17ClO3. The van der Waals surface area contributed by atoms with E-state index in [9.17, 15) is 5.11 Å². The van der Waals surface area contributed by atoms with Gasteiger partial charge in [0.15, 0.2) is 0 Å². The van der Waals surface area contributed by atoms with Crippen molar-refractivity contribution in [1.29, 1.82) is 0 Å². The van der Waals surface area contributed by atoms with Gasteiger partial charge in [-0.1, -0.05) is 17.7 Å². The predicted octanol–water partition coefficient (Wildman–Crippen LogP) is 2.81. The standard InChI is InChI=1S/C12H17ClO3/c1-3-15-6-7-16-12-5-4-10(9(2)14)8-11(12)13/h4-5,8-9,14H,3,6-7H2,1-2H3. The number of ether oxygens (including phenoxy) is 2. The minimum absolute atomic E-state index is 0.474. The van der Waals surface area contributed by atoms with Crippen LogP contribution in [0.25, 0.3) is 0 Å². The van der Waals surface area contributed by atoms with Gasteiger partial charge in [0.1, 0.15) is 12.4 Å². The lowest BCUT2D eigenvalue weighted by molar-refractivity contribution is 0.110. The lowest BCUT2D eigenvalue weighted by atomic mass is 10.1. The second-order valence-electron chi connectivity index (χ2n) is 3.41. The first kappa shape index (κ1) is 13.3. The Balaban J connectivity index is 2.54. The Morgan fingerprint density at radius 2 is 2.12 bits per heavy atom. The summed E-state index contributed by atoms with van der Waals surface area (Å²) in [7, 11) is 0. The van der Waals surface area contributed by atoms with Crippen molar-refractivity contribution in [3.8, 4) is 5.75 Å². The van der Waals surface area contributed by atoms with E-state index in [0.29, 0.717) is 30.6 Å². The highest BCUT2D eigenvalue weighted by Crippen LogP contribution is 2.27. The highest BCUT2D eigenvalue weighted by atomic mass is 35.5. The molecule has 1 N–H and O–H groups in total. The Labute approximate surface area is 101 Å². The normalized spacial score (nSPS) is 12.5. The van der Waals surface area contributed by atoms with Crippen molar-refractivity contribution in [3.05, 3.63) is 28.8 Å². The van der Waals surface area contributed by atoms with E-state index in [1.165, 1.54) is 0 Å². The maximum absolute atomic E-state index is 9.37. The molecule has 0 heterocycles. The second kappa shape index (κ2) is 6.74. The molecule has 1 aromatic rings. The third kappa shape index (κ3) is 4.00. The molecule has 0 aliphatic carbocycles. The lowest BCUT2D eigenvalue weighted by Crippen LogP contribution is -2.06. The molecule has 0 spiro atoms. The second-order valence-corrected chi connectivity index (χ2v) is 3.82. The van der Waals surface area contributed by atoms with E-state index < -0.39 is 6.10 Å². The van der Waals surface area contributed by atoms with Crippen molar-refractivity contribution in [2.45, 2.75) is 20.0 Å². The van der Waals surface area contributed by atoms with Crippen LogP contribution in [-0.2, 0) is 4.74 Å². The number of halogens is 1. The Morgan fingerprint density at radius 1 is 1.38 bits per heavy atom. The molecule has 0 aromatic heterocycles. The van der Waals surface area contributed by atoms with Crippen LogP contribution in [-0.4, -0.2) is 24.9 Å². The van der Waals surface area contributed by atoms with Crippen LogP contribution in [0.15, 0.2) is 18.2 Å². The highest BCUT2D eigenvalue weighted by molar-refractivity contribution is 6.32. The third-order valence-electron chi connectivity index (χ3n) is 2.13. The fourth-order valence-corrected chi connectivity index (χ4v) is 1.49. The molecule has 1 unspecified atom stereocenters. The number of benzene rings is 1. The largest absolute Gasteiger partial charge is 0.490 e. The van der Waals surface area contributed by atoms with Gasteiger partial charge in [-0.3, -0.25) is 0 Å². The van der Waals surface area contributed by atoms with Crippen LogP contribution in [0.5, 0.6) is 5.75 Å². The summed E-state index contributed by atoms with van der Waals surface area (Å²) >= 11 is 6.01. The van der Waals surface area contributed by atoms with Crippen LogP contribution in [0.4, 0.5) is 0 Å². The summed E-state index contributed by atoms with van der Waals surface area (Å²) in [5.41, 5.74) is 0.780. The molecule has 0 aliphatic rings. The SMILES string of the molecule is CCOCCOc1ccc(C(C)O)cc1Cl. The first-order valence-electron chi connectivity index (χ1n) is 5.33. The summed E-state index contributed by atoms with van der Waals surface area (Å²) in [6.07, 6.45) is -0.519. The average Bonchev–Trinajstić information content (AvgIpc) is 2.26. The average molecular weight is 245 g/mol. The van der Waals surface area contributed by atoms with Crippen molar-refractivity contribution in [1.82, 2.24) is 0 Å². The number of hydrogen-bond donors (Lipinski definition) is 1. The Kier molecular flexibility index (Phi) is 5.60. The van der Waals surface area contributed by atoms with Gasteiger partial charge in [0.25, 0.3) is 0 Å². The summed E-state index contributed by atoms with van der Waals surface area (Å²) in [6.45, 7) is 5.33. The van der Waals surface area contributed by atoms with Gasteiger partial charge in [0.2, 0.25) is 0 Å². The van der Waals surface area contributed by atoms with Crippen molar-refractivity contribution in [2.75, 3.05) is 19.8 Å². The molecule has 0 saturated heterocycles. The van der Waals surface area contributed by atoms with Crippen LogP contribution in [0.3, 0.4) is 0 Å². The molecule has 90 valence electrons. The van der Waals surface area contributed by atoms with Gasteiger partial charge in [0, 0.05) is 6.61 Å². The molecule has 0 fully saturated rings. The molecule has 4 heteroatoms. The minimum atomic E-state index is -0.519. The topological polar surface area (TPSA) is 38.7 Å². The van der Waals surface area contributed by atoms with Gasteiger partial charge in [-0.15, -0.1) is 0 Å². The van der Waals surface area contributed by atoms with E-state index >= 15 is 0 Å². The van der Waals surface area contributed by atoms with Crippen molar-refractivity contribution >= 4 is 11.6 Å². The Bertz CT molecular complexity index is 326. The summed E-state index contributed by atoms with van der Waals surface area (Å²) in [4.78, 5) is 0. The maximum atomic E-state index is 9.37. The monoisotopic (exact) mass is 244 g/mol. The van der Waals surface area contributed by atoms with Gasteiger partial charge in [0.05, 0.1) is 17.7 Å². The van der Waals surface area contributed by atoms with E-state index in [4.69, 9.17) is 21.1 Å². The summed E-state index contributed by atoms with van der Waals surface area (Å²) in [5.74, 6) is 0.616. The zero-order chi connectivity index (χ0) is 12.0. The number of aliphatic hydroxyl groups is 1. The smallest absolute Gasteiger partial charge is 0.138 e. The fraction of sp³-hybridized carbons (Fsp3) is 0.500. The van der Waals surface area contributed by atoms with Crippen LogP contribution < -0.4 is 4.74 Å². The Hall–Kier alpha value is -0.770. The Morgan fingerprint density at radius 3 is 2.69 bits per heavy atom. The van der Waals surface area contributed by atoms with Crippen molar-refractivity contribution < 1.29 is 14.6 Å². The number of rotatable bonds is 6. The van der Waals surface area contributed by atoms with E-state index in [-0.39, 0.29) is 0 Å². The molecule has 0 bridgehead atoms. The van der Waals surface area contributed by atoms with Crippen LogP contribution >= 0.6 is 11.6 Å². The van der Waals surface area contributed by atoms with Crippen molar-refractivity contribution in [3.63, 3.8) is 0 Å². The molecule has 3 nitrogen and oxygen atoms in total. The minimum Gasteiger partial charge on any atom is -0.490 e. The van der Waals surface area contributed by atoms with E-state index in [1.807, 2.05) is 6.92 Å². The van der Waals surface area contributed by atoms with E-state index in [2.05, 4.69) is 0 Å². The molecule has 1 aromatic carbocycles. The summed E-state index contributed by atoms with van der Waals surface area (Å²) in [6, 6.07) is 5.27. The van der Waals surface area contributed by atoms with Crippen LogP contribution in [0.1, 0.15) is 25.5 Å². The van der Waals surface area contributed by atoms with E-state index in [0.717, 1.165) is 5.56 Å². The molecular weight excluding hydrogens is 228 g/mol. The summed E-state index contributed by atoms with van der Waals surface area (Å²) in [5, 5.41) is 9.87. The zero-order valence-electron chi connectivity index (χ0n) is 9.57. The quantitative estimate of drug-likeness (QED) is 0.782. The van der Waals surface area contributed by atoms with Gasteiger partial charge < -0.3 is 14.6 Å². The molecule has 0 amide bonds. The molecule has 16 heavy (non-hydrogen) atoms. The molecule has 0 aliphatic heterocycles. The van der Waals surface area contributed by atoms with Gasteiger partial charge in [-0.05, 0) is 31.5 Å². The van der Waals surface area contributed by atoms with Gasteiger partial charge in [-0.2, -0.15) is 0 Å². The van der Waals surface area contributed by atoms with Gasteiger partial charge in [-0.25, -0.2) is 0 Å². The predicted molar refractivity (Wildman–Crippen MR) is 64.1 cm³/mol. The number of hydrogen-bond acceptors (Lipinski definition) is 3. The maximum Gasteiger partial charge on any atom is 0.138 e. The molecule has 1 rings (SSSR count). The zero-order valence-corrected chi connectivity index (χ0v) is 10.3. The number of aliphatic hydroxyl groups excluding tert-OH is 1. The van der Waals surface area contributed by atoms with Crippen molar-refractivity contribution in [2.24, 2.45) is 0 Å². The van der Waals surface area contributed by atoms with Crippen LogP contribution in [0, 0.1) is 0 Å². The molecule has 0 saturated carbocycles. The van der Waals surface area contributed by atoms with Gasteiger partial charge >= 0.3 is 0 Å². The lowest BCUT2D eigenvalue weighted by Gasteiger charge is -2.10. The molecule has 0 radical (unpaired) electrons. The first-order valence-corrected chi connectivity index (χ1v) is 5.71. The van der Waals surface area contributed by atoms with Crippen LogP contribution in [0.2, 0.25) is 5.02 Å². The summed E-state index contributed by atoms with van der Waals surface area (Å²) < 4.78 is 10.6. The third-order valence-corrected chi connectivity index (χ3v) is 2.42. The highest BCUT2D eigenvalue weighted by Gasteiger charge is 2.06.